The van der Waals surface area contributed by atoms with Gasteiger partial charge in [-0.05, 0) is 83.5 Å². The zero-order chi connectivity index (χ0) is 52.2. The van der Waals surface area contributed by atoms with Crippen LogP contribution in [0.15, 0.2) is 36.5 Å². The Kier molecular flexibility index (Phi) is 60.0. The van der Waals surface area contributed by atoms with Crippen LogP contribution in [0.25, 0.3) is 0 Å². The number of unbranched alkanes of at least 4 members (excludes halogenated alkanes) is 43. The molecule has 0 saturated carbocycles. The van der Waals surface area contributed by atoms with Crippen molar-refractivity contribution in [3.05, 3.63) is 36.5 Å². The smallest absolute Gasteiger partial charge is 0.305 e. The van der Waals surface area contributed by atoms with Crippen LogP contribution in [-0.4, -0.2) is 47.4 Å². The topological polar surface area (TPSA) is 95.9 Å². The van der Waals surface area contributed by atoms with E-state index in [1.807, 2.05) is 0 Å². The van der Waals surface area contributed by atoms with Crippen molar-refractivity contribution < 1.29 is 24.5 Å². The molecule has 2 atom stereocenters. The number of hydrogen-bond donors (Lipinski definition) is 3. The molecule has 0 aliphatic heterocycles. The monoisotopic (exact) mass is 1010 g/mol. The fraction of sp³-hybridized carbons (Fsp3) is 0.879. The maximum absolute atomic E-state index is 12.5. The second-order valence-corrected chi connectivity index (χ2v) is 22.1. The van der Waals surface area contributed by atoms with E-state index in [9.17, 15) is 19.8 Å². The summed E-state index contributed by atoms with van der Waals surface area (Å²) in [5, 5.41) is 23.3. The SMILES string of the molecule is CCCCCC/C=C\C/C=C\CCCCCCCC(=O)OCCCCCCCCCCCC/C=C\CCCCCCCCCC(=O)NC(CO)C(O)CCCCCCCCCCCCCCCCCCCC. The number of allylic oxidation sites excluding steroid dienone is 6. The number of esters is 1. The fourth-order valence-electron chi connectivity index (χ4n) is 9.96. The van der Waals surface area contributed by atoms with Gasteiger partial charge in [0.15, 0.2) is 0 Å². The minimum absolute atomic E-state index is 0.00493. The molecule has 2 unspecified atom stereocenters. The van der Waals surface area contributed by atoms with Crippen LogP contribution in [-0.2, 0) is 14.3 Å². The standard InChI is InChI=1S/C66H125NO5/c1-3-5-7-9-11-13-15-17-19-21-27-30-34-38-42-46-50-54-58-64(69)63(62-68)67-65(70)59-55-51-47-43-39-35-31-28-25-23-22-24-26-29-33-37-41-45-49-53-57-61-72-66(71)60-56-52-48-44-40-36-32-20-18-16-14-12-10-8-6-4-2/h14,16,20,23,25,32,63-64,68-69H,3-13,15,17-19,21-22,24,26-31,33-62H2,1-2H3,(H,67,70)/b16-14-,25-23-,32-20-. The number of rotatable bonds is 60. The largest absolute Gasteiger partial charge is 0.466 e. The van der Waals surface area contributed by atoms with E-state index in [0.717, 1.165) is 51.4 Å². The van der Waals surface area contributed by atoms with Gasteiger partial charge in [0.2, 0.25) is 5.91 Å². The summed E-state index contributed by atoms with van der Waals surface area (Å²) >= 11 is 0. The molecule has 424 valence electrons. The van der Waals surface area contributed by atoms with Gasteiger partial charge in [-0.2, -0.15) is 0 Å². The van der Waals surface area contributed by atoms with Gasteiger partial charge in [0.1, 0.15) is 0 Å². The molecule has 1 amide bonds. The van der Waals surface area contributed by atoms with Gasteiger partial charge in [0.05, 0.1) is 25.4 Å². The Morgan fingerprint density at radius 3 is 1.08 bits per heavy atom. The Morgan fingerprint density at radius 1 is 0.389 bits per heavy atom. The molecular weight excluding hydrogens is 887 g/mol. The summed E-state index contributed by atoms with van der Waals surface area (Å²) in [5.74, 6) is -0.0455. The van der Waals surface area contributed by atoms with Crippen molar-refractivity contribution in [2.75, 3.05) is 13.2 Å². The van der Waals surface area contributed by atoms with Crippen molar-refractivity contribution in [1.82, 2.24) is 5.32 Å². The number of carbonyl (C=O) groups excluding carboxylic acids is 2. The first kappa shape index (κ1) is 70.1. The van der Waals surface area contributed by atoms with Gasteiger partial charge in [-0.15, -0.1) is 0 Å². The fourth-order valence-corrected chi connectivity index (χ4v) is 9.96. The van der Waals surface area contributed by atoms with E-state index in [4.69, 9.17) is 4.74 Å². The predicted molar refractivity (Wildman–Crippen MR) is 315 cm³/mol. The number of ether oxygens (including phenoxy) is 1. The number of hydrogen-bond acceptors (Lipinski definition) is 5. The van der Waals surface area contributed by atoms with Crippen LogP contribution in [0.5, 0.6) is 0 Å². The highest BCUT2D eigenvalue weighted by Crippen LogP contribution is 2.18. The molecule has 6 nitrogen and oxygen atoms in total. The average Bonchev–Trinajstić information content (AvgIpc) is 3.38. The summed E-state index contributed by atoms with van der Waals surface area (Å²) in [7, 11) is 0. The first-order valence-electron chi connectivity index (χ1n) is 32.2. The number of aliphatic hydroxyl groups is 2. The van der Waals surface area contributed by atoms with Gasteiger partial charge in [0, 0.05) is 12.8 Å². The molecule has 0 fully saturated rings. The van der Waals surface area contributed by atoms with Crippen LogP contribution in [0.4, 0.5) is 0 Å². The molecule has 0 heterocycles. The zero-order valence-electron chi connectivity index (χ0n) is 48.4. The molecule has 0 saturated heterocycles. The third-order valence-corrected chi connectivity index (χ3v) is 14.9. The van der Waals surface area contributed by atoms with Crippen LogP contribution in [0.1, 0.15) is 348 Å². The number of aliphatic hydroxyl groups excluding tert-OH is 2. The van der Waals surface area contributed by atoms with E-state index in [1.54, 1.807) is 0 Å². The lowest BCUT2D eigenvalue weighted by molar-refractivity contribution is -0.143. The third-order valence-electron chi connectivity index (χ3n) is 14.9. The van der Waals surface area contributed by atoms with Gasteiger partial charge in [0.25, 0.3) is 0 Å². The normalized spacial score (nSPS) is 12.8. The van der Waals surface area contributed by atoms with E-state index in [1.165, 1.54) is 263 Å². The lowest BCUT2D eigenvalue weighted by Crippen LogP contribution is -2.45. The molecule has 0 radical (unpaired) electrons. The van der Waals surface area contributed by atoms with Crippen molar-refractivity contribution in [2.45, 2.75) is 360 Å². The van der Waals surface area contributed by atoms with Crippen LogP contribution in [0.3, 0.4) is 0 Å². The Hall–Kier alpha value is -1.92. The summed E-state index contributed by atoms with van der Waals surface area (Å²) in [5.41, 5.74) is 0. The van der Waals surface area contributed by atoms with Gasteiger partial charge in [-0.25, -0.2) is 0 Å². The Labute approximate surface area is 449 Å². The van der Waals surface area contributed by atoms with Crippen LogP contribution < -0.4 is 5.32 Å². The molecule has 72 heavy (non-hydrogen) atoms. The Balaban J connectivity index is 3.43. The van der Waals surface area contributed by atoms with E-state index in [2.05, 4.69) is 55.6 Å². The van der Waals surface area contributed by atoms with Crippen molar-refractivity contribution in [1.29, 1.82) is 0 Å². The minimum atomic E-state index is -0.670. The molecule has 0 rings (SSSR count). The van der Waals surface area contributed by atoms with E-state index >= 15 is 0 Å². The lowest BCUT2D eigenvalue weighted by atomic mass is 10.0. The molecule has 0 aliphatic carbocycles. The maximum Gasteiger partial charge on any atom is 0.305 e. The molecular formula is C66H125NO5. The van der Waals surface area contributed by atoms with E-state index in [-0.39, 0.29) is 18.5 Å². The molecule has 0 spiro atoms. The Bertz CT molecular complexity index is 1170. The highest BCUT2D eigenvalue weighted by Gasteiger charge is 2.20. The van der Waals surface area contributed by atoms with Gasteiger partial charge in [-0.3, -0.25) is 9.59 Å². The van der Waals surface area contributed by atoms with Gasteiger partial charge in [-0.1, -0.05) is 288 Å². The summed E-state index contributed by atoms with van der Waals surface area (Å²) in [4.78, 5) is 24.6. The molecule has 3 N–H and O–H groups in total. The molecule has 6 heteroatoms. The minimum Gasteiger partial charge on any atom is -0.466 e. The second kappa shape index (κ2) is 61.6. The number of nitrogens with one attached hydrogen (secondary N) is 1. The van der Waals surface area contributed by atoms with Gasteiger partial charge < -0.3 is 20.3 Å². The lowest BCUT2D eigenvalue weighted by Gasteiger charge is -2.22. The van der Waals surface area contributed by atoms with E-state index in [0.29, 0.717) is 25.9 Å². The first-order chi connectivity index (χ1) is 35.5. The quantitative estimate of drug-likeness (QED) is 0.0320. The van der Waals surface area contributed by atoms with Crippen LogP contribution >= 0.6 is 0 Å². The summed E-state index contributed by atoms with van der Waals surface area (Å²) < 4.78 is 5.48. The predicted octanol–water partition coefficient (Wildman–Crippen LogP) is 20.4. The molecule has 0 aromatic carbocycles. The number of amides is 1. The molecule has 0 aromatic heterocycles. The van der Waals surface area contributed by atoms with E-state index < -0.39 is 12.1 Å². The summed E-state index contributed by atoms with van der Waals surface area (Å²) in [6, 6.07) is -0.548. The second-order valence-electron chi connectivity index (χ2n) is 22.1. The highest BCUT2D eigenvalue weighted by atomic mass is 16.5. The molecule has 0 aromatic rings. The van der Waals surface area contributed by atoms with Crippen molar-refractivity contribution in [3.63, 3.8) is 0 Å². The third kappa shape index (κ3) is 57.4. The molecule has 0 aliphatic rings. The zero-order valence-corrected chi connectivity index (χ0v) is 48.4. The van der Waals surface area contributed by atoms with Crippen molar-refractivity contribution >= 4 is 11.9 Å². The van der Waals surface area contributed by atoms with Crippen LogP contribution in [0, 0.1) is 0 Å². The van der Waals surface area contributed by atoms with Gasteiger partial charge >= 0.3 is 5.97 Å². The Morgan fingerprint density at radius 2 is 0.694 bits per heavy atom. The highest BCUT2D eigenvalue weighted by molar-refractivity contribution is 5.76. The maximum atomic E-state index is 12.5. The summed E-state index contributed by atoms with van der Waals surface area (Å²) in [6.07, 6.45) is 77.3. The molecule has 0 bridgehead atoms. The van der Waals surface area contributed by atoms with Crippen molar-refractivity contribution in [2.24, 2.45) is 0 Å². The van der Waals surface area contributed by atoms with Crippen LogP contribution in [0.2, 0.25) is 0 Å². The number of carbonyl (C=O) groups is 2. The van der Waals surface area contributed by atoms with Crippen molar-refractivity contribution in [3.8, 4) is 0 Å². The first-order valence-corrected chi connectivity index (χ1v) is 32.2. The summed E-state index contributed by atoms with van der Waals surface area (Å²) in [6.45, 7) is 4.94. The average molecular weight is 1010 g/mol.